The largest absolute Gasteiger partial charge is 0.497 e. The van der Waals surface area contributed by atoms with E-state index < -0.39 is 0 Å². The number of ether oxygens (including phenoxy) is 1. The number of halogens is 1. The molecule has 0 saturated carbocycles. The summed E-state index contributed by atoms with van der Waals surface area (Å²) in [7, 11) is 1.69. The van der Waals surface area contributed by atoms with Crippen molar-refractivity contribution in [2.45, 2.75) is 32.9 Å². The van der Waals surface area contributed by atoms with Crippen molar-refractivity contribution in [3.05, 3.63) is 52.2 Å². The Hall–Kier alpha value is -1.32. The van der Waals surface area contributed by atoms with Crippen LogP contribution in [0.25, 0.3) is 0 Å². The summed E-state index contributed by atoms with van der Waals surface area (Å²) in [6.07, 6.45) is 2.55. The molecule has 29 heavy (non-hydrogen) atoms. The van der Waals surface area contributed by atoms with E-state index in [0.29, 0.717) is 12.5 Å². The van der Waals surface area contributed by atoms with Crippen molar-refractivity contribution < 1.29 is 4.74 Å². The van der Waals surface area contributed by atoms with E-state index in [4.69, 9.17) is 9.73 Å². The van der Waals surface area contributed by atoms with Gasteiger partial charge in [-0.3, -0.25) is 4.90 Å². The molecule has 2 aromatic rings. The fraction of sp³-hybridized carbons (Fsp3) is 0.500. The minimum Gasteiger partial charge on any atom is -0.497 e. The van der Waals surface area contributed by atoms with Crippen molar-refractivity contribution in [2.75, 3.05) is 33.3 Å². The van der Waals surface area contributed by atoms with E-state index in [0.717, 1.165) is 43.5 Å². The lowest BCUT2D eigenvalue weighted by molar-refractivity contribution is 0.169. The molecule has 1 fully saturated rings. The summed E-state index contributed by atoms with van der Waals surface area (Å²) in [6, 6.07) is 12.5. The zero-order valence-electron chi connectivity index (χ0n) is 17.4. The van der Waals surface area contributed by atoms with Crippen molar-refractivity contribution in [3.63, 3.8) is 0 Å². The molecule has 1 saturated heterocycles. The van der Waals surface area contributed by atoms with Gasteiger partial charge in [0.1, 0.15) is 5.75 Å². The maximum atomic E-state index is 5.30. The molecule has 160 valence electrons. The topological polar surface area (TPSA) is 48.9 Å². The van der Waals surface area contributed by atoms with Gasteiger partial charge in [-0.25, -0.2) is 4.99 Å². The molecule has 2 heterocycles. The Kier molecular flexibility index (Phi) is 10.8. The van der Waals surface area contributed by atoms with Crippen LogP contribution < -0.4 is 15.4 Å². The number of benzene rings is 1. The van der Waals surface area contributed by atoms with E-state index in [2.05, 4.69) is 46.0 Å². The van der Waals surface area contributed by atoms with E-state index in [1.54, 1.807) is 7.11 Å². The average Bonchev–Trinajstić information content (AvgIpc) is 3.23. The minimum absolute atomic E-state index is 0. The lowest BCUT2D eigenvalue weighted by Crippen LogP contribution is -2.44. The first-order valence-electron chi connectivity index (χ1n) is 10.2. The Balaban J connectivity index is 0.00000300. The number of nitrogens with one attached hydrogen (secondary N) is 2. The molecule has 7 heteroatoms. The van der Waals surface area contributed by atoms with Gasteiger partial charge in [-0.2, -0.15) is 0 Å². The smallest absolute Gasteiger partial charge is 0.191 e. The third-order valence-corrected chi connectivity index (χ3v) is 5.88. The molecule has 5 nitrogen and oxygen atoms in total. The van der Waals surface area contributed by atoms with Crippen LogP contribution in [0.5, 0.6) is 5.75 Å². The molecule has 0 aliphatic carbocycles. The van der Waals surface area contributed by atoms with Gasteiger partial charge in [-0.1, -0.05) is 18.2 Å². The van der Waals surface area contributed by atoms with Crippen LogP contribution >= 0.6 is 35.3 Å². The van der Waals surface area contributed by atoms with Crippen LogP contribution in [-0.4, -0.2) is 44.1 Å². The molecule has 1 aliphatic rings. The zero-order valence-corrected chi connectivity index (χ0v) is 20.5. The fourth-order valence-corrected chi connectivity index (χ4v) is 4.35. The summed E-state index contributed by atoms with van der Waals surface area (Å²) in [4.78, 5) is 8.80. The van der Waals surface area contributed by atoms with E-state index >= 15 is 0 Å². The van der Waals surface area contributed by atoms with Gasteiger partial charge < -0.3 is 15.4 Å². The van der Waals surface area contributed by atoms with Crippen LogP contribution in [0.4, 0.5) is 0 Å². The molecular formula is C22H33IN4OS. The van der Waals surface area contributed by atoms with Gasteiger partial charge in [0.25, 0.3) is 0 Å². The van der Waals surface area contributed by atoms with Gasteiger partial charge >= 0.3 is 0 Å². The normalized spacial score (nSPS) is 17.4. The number of methoxy groups -OCH3 is 1. The van der Waals surface area contributed by atoms with Gasteiger partial charge in [0.15, 0.2) is 5.96 Å². The van der Waals surface area contributed by atoms with Crippen LogP contribution in [0.2, 0.25) is 0 Å². The van der Waals surface area contributed by atoms with Crippen molar-refractivity contribution >= 4 is 41.3 Å². The highest BCUT2D eigenvalue weighted by Gasteiger charge is 2.20. The molecule has 0 bridgehead atoms. The number of guanidine groups is 1. The summed E-state index contributed by atoms with van der Waals surface area (Å²) >= 11 is 1.85. The summed E-state index contributed by atoms with van der Waals surface area (Å²) in [5, 5.41) is 9.08. The number of thiophene rings is 1. The molecule has 1 unspecified atom stereocenters. The molecule has 3 rings (SSSR count). The average molecular weight is 529 g/mol. The summed E-state index contributed by atoms with van der Waals surface area (Å²) in [5.74, 6) is 2.42. The predicted molar refractivity (Wildman–Crippen MR) is 134 cm³/mol. The number of aliphatic imine (C=N–C) groups is 1. The minimum atomic E-state index is 0. The number of rotatable bonds is 8. The Morgan fingerprint density at radius 3 is 2.93 bits per heavy atom. The van der Waals surface area contributed by atoms with E-state index in [-0.39, 0.29) is 24.0 Å². The molecule has 0 radical (unpaired) electrons. The maximum absolute atomic E-state index is 5.30. The molecule has 1 atom stereocenters. The molecule has 0 amide bonds. The Morgan fingerprint density at radius 2 is 2.17 bits per heavy atom. The van der Waals surface area contributed by atoms with Gasteiger partial charge in [0.2, 0.25) is 0 Å². The number of hydrogen-bond donors (Lipinski definition) is 2. The van der Waals surface area contributed by atoms with Crippen LogP contribution in [0.1, 0.15) is 30.2 Å². The fourth-order valence-electron chi connectivity index (χ4n) is 3.61. The predicted octanol–water partition coefficient (Wildman–Crippen LogP) is 4.34. The quantitative estimate of drug-likeness (QED) is 0.304. The molecule has 2 N–H and O–H groups in total. The zero-order chi connectivity index (χ0) is 19.6. The summed E-state index contributed by atoms with van der Waals surface area (Å²) in [6.45, 7) is 8.01. The second-order valence-electron chi connectivity index (χ2n) is 7.25. The van der Waals surface area contributed by atoms with E-state index in [1.165, 1.54) is 24.3 Å². The first kappa shape index (κ1) is 24.0. The summed E-state index contributed by atoms with van der Waals surface area (Å²) in [5.41, 5.74) is 1.15. The van der Waals surface area contributed by atoms with Crippen LogP contribution in [0.15, 0.2) is 46.8 Å². The second kappa shape index (κ2) is 13.1. The Bertz CT molecular complexity index is 738. The lowest BCUT2D eigenvalue weighted by atomic mass is 9.98. The van der Waals surface area contributed by atoms with E-state index in [9.17, 15) is 0 Å². The van der Waals surface area contributed by atoms with Crippen LogP contribution in [0, 0.1) is 5.92 Å². The monoisotopic (exact) mass is 528 g/mol. The number of piperidine rings is 1. The molecule has 1 aromatic heterocycles. The first-order chi connectivity index (χ1) is 13.8. The highest BCUT2D eigenvalue weighted by molar-refractivity contribution is 14.0. The van der Waals surface area contributed by atoms with Crippen molar-refractivity contribution in [1.29, 1.82) is 0 Å². The van der Waals surface area contributed by atoms with Crippen molar-refractivity contribution in [1.82, 2.24) is 15.5 Å². The highest BCUT2D eigenvalue weighted by Crippen LogP contribution is 2.20. The standard InChI is InChI=1S/C22H32N4OS.HI/c1-3-23-22(24-14-18-7-4-9-20(13-18)27-2)25-15-19-8-5-11-26(16-19)17-21-10-6-12-28-21;/h4,6-7,9-10,12-13,19H,3,5,8,11,14-17H2,1-2H3,(H2,23,24,25);1H. The third-order valence-electron chi connectivity index (χ3n) is 5.02. The molecule has 0 spiro atoms. The van der Waals surface area contributed by atoms with Crippen LogP contribution in [0.3, 0.4) is 0 Å². The number of likely N-dealkylation sites (tertiary alicyclic amines) is 1. The molecular weight excluding hydrogens is 495 g/mol. The van der Waals surface area contributed by atoms with Crippen LogP contribution in [-0.2, 0) is 13.1 Å². The number of nitrogens with zero attached hydrogens (tertiary/aromatic N) is 2. The molecule has 1 aromatic carbocycles. The van der Waals surface area contributed by atoms with Gasteiger partial charge in [0.05, 0.1) is 13.7 Å². The molecule has 1 aliphatic heterocycles. The van der Waals surface area contributed by atoms with Gasteiger partial charge in [-0.05, 0) is 61.4 Å². The second-order valence-corrected chi connectivity index (χ2v) is 8.28. The maximum Gasteiger partial charge on any atom is 0.191 e. The summed E-state index contributed by atoms with van der Waals surface area (Å²) < 4.78 is 5.30. The van der Waals surface area contributed by atoms with Gasteiger partial charge in [-0.15, -0.1) is 35.3 Å². The van der Waals surface area contributed by atoms with Gasteiger partial charge in [0, 0.05) is 31.1 Å². The Morgan fingerprint density at radius 1 is 1.28 bits per heavy atom. The highest BCUT2D eigenvalue weighted by atomic mass is 127. The first-order valence-corrected chi connectivity index (χ1v) is 11.0. The lowest BCUT2D eigenvalue weighted by Gasteiger charge is -2.32. The van der Waals surface area contributed by atoms with E-state index in [1.807, 2.05) is 29.5 Å². The van der Waals surface area contributed by atoms with Crippen molar-refractivity contribution in [3.8, 4) is 5.75 Å². The number of hydrogen-bond acceptors (Lipinski definition) is 4. The Labute approximate surface area is 196 Å². The SMILES string of the molecule is CCNC(=NCc1cccc(OC)c1)NCC1CCCN(Cc2cccs2)C1.I. The van der Waals surface area contributed by atoms with Crippen molar-refractivity contribution in [2.24, 2.45) is 10.9 Å². The third kappa shape index (κ3) is 8.14.